The molecule has 1 aliphatic rings. The van der Waals surface area contributed by atoms with Gasteiger partial charge in [-0.15, -0.1) is 0 Å². The number of esters is 1. The molecule has 0 spiro atoms. The van der Waals surface area contributed by atoms with E-state index in [-0.39, 0.29) is 29.1 Å². The van der Waals surface area contributed by atoms with Crippen LogP contribution in [0.25, 0.3) is 5.65 Å². The monoisotopic (exact) mass is 383 g/mol. The first kappa shape index (κ1) is 19.2. The molecule has 0 aliphatic carbocycles. The molecule has 146 valence electrons. The van der Waals surface area contributed by atoms with E-state index in [1.54, 1.807) is 18.7 Å². The average Bonchev–Trinajstić information content (AvgIpc) is 2.95. The third-order valence-corrected chi connectivity index (χ3v) is 4.72. The van der Waals surface area contributed by atoms with Gasteiger partial charge in [-0.3, -0.25) is 14.0 Å². The van der Waals surface area contributed by atoms with Crippen molar-refractivity contribution >= 4 is 17.5 Å². The zero-order valence-corrected chi connectivity index (χ0v) is 15.0. The van der Waals surface area contributed by atoms with Crippen LogP contribution in [0.5, 0.6) is 0 Å². The number of pyridine rings is 1. The number of hydrogen-bond acceptors (Lipinski definition) is 4. The third kappa shape index (κ3) is 3.77. The fourth-order valence-corrected chi connectivity index (χ4v) is 3.32. The molecule has 0 radical (unpaired) electrons. The number of carbonyl (C=O) groups is 2. The van der Waals surface area contributed by atoms with E-state index in [1.165, 1.54) is 10.5 Å². The Morgan fingerprint density at radius 1 is 1.26 bits per heavy atom. The minimum absolute atomic E-state index is 0.116. The maximum atomic E-state index is 13.0. The van der Waals surface area contributed by atoms with Crippen molar-refractivity contribution in [3.63, 3.8) is 0 Å². The molecule has 0 N–H and O–H groups in total. The van der Waals surface area contributed by atoms with Gasteiger partial charge in [-0.25, -0.2) is 4.98 Å². The van der Waals surface area contributed by atoms with Crippen molar-refractivity contribution in [2.45, 2.75) is 32.9 Å². The van der Waals surface area contributed by atoms with E-state index in [4.69, 9.17) is 4.74 Å². The number of ether oxygens (including phenoxy) is 1. The van der Waals surface area contributed by atoms with Crippen LogP contribution in [-0.4, -0.2) is 45.9 Å². The minimum atomic E-state index is -4.51. The van der Waals surface area contributed by atoms with Crippen LogP contribution in [0.15, 0.2) is 18.3 Å². The van der Waals surface area contributed by atoms with Crippen molar-refractivity contribution in [1.29, 1.82) is 0 Å². The maximum absolute atomic E-state index is 13.0. The van der Waals surface area contributed by atoms with E-state index < -0.39 is 11.7 Å². The van der Waals surface area contributed by atoms with Gasteiger partial charge in [-0.05, 0) is 38.8 Å². The number of aryl methyl sites for hydroxylation is 1. The van der Waals surface area contributed by atoms with E-state index in [0.717, 1.165) is 12.3 Å². The molecular formula is C18H20F3N3O3. The molecule has 0 bridgehead atoms. The van der Waals surface area contributed by atoms with Gasteiger partial charge in [-0.2, -0.15) is 13.2 Å². The lowest BCUT2D eigenvalue weighted by Gasteiger charge is -2.30. The molecule has 0 unspecified atom stereocenters. The number of amides is 1. The number of likely N-dealkylation sites (tertiary alicyclic amines) is 1. The van der Waals surface area contributed by atoms with Crippen molar-refractivity contribution in [3.8, 4) is 0 Å². The average molecular weight is 383 g/mol. The molecular weight excluding hydrogens is 363 g/mol. The molecule has 9 heteroatoms. The van der Waals surface area contributed by atoms with Gasteiger partial charge in [0, 0.05) is 19.3 Å². The molecule has 27 heavy (non-hydrogen) atoms. The topological polar surface area (TPSA) is 63.9 Å². The van der Waals surface area contributed by atoms with Gasteiger partial charge in [0.05, 0.1) is 23.8 Å². The molecule has 3 rings (SSSR count). The van der Waals surface area contributed by atoms with Crippen molar-refractivity contribution < 1.29 is 27.5 Å². The van der Waals surface area contributed by atoms with Crippen LogP contribution in [0.3, 0.4) is 0 Å². The Bertz CT molecular complexity index is 868. The molecule has 0 aromatic carbocycles. The van der Waals surface area contributed by atoms with Crippen molar-refractivity contribution in [1.82, 2.24) is 14.3 Å². The summed E-state index contributed by atoms with van der Waals surface area (Å²) in [7, 11) is 0. The Hall–Kier alpha value is -2.58. The third-order valence-electron chi connectivity index (χ3n) is 4.72. The summed E-state index contributed by atoms with van der Waals surface area (Å²) in [6.07, 6.45) is -2.68. The van der Waals surface area contributed by atoms with Crippen LogP contribution in [0.2, 0.25) is 0 Å². The number of fused-ring (bicyclic) bond motifs is 1. The summed E-state index contributed by atoms with van der Waals surface area (Å²) in [4.78, 5) is 30.5. The van der Waals surface area contributed by atoms with Crippen LogP contribution in [-0.2, 0) is 15.7 Å². The summed E-state index contributed by atoms with van der Waals surface area (Å²) in [6.45, 7) is 4.32. The van der Waals surface area contributed by atoms with E-state index in [0.29, 0.717) is 38.2 Å². The quantitative estimate of drug-likeness (QED) is 0.765. The molecule has 2 aromatic heterocycles. The lowest BCUT2D eigenvalue weighted by molar-refractivity contribution is -0.149. The number of piperidine rings is 1. The van der Waals surface area contributed by atoms with E-state index in [1.807, 2.05) is 0 Å². The van der Waals surface area contributed by atoms with Crippen LogP contribution in [0.1, 0.15) is 41.5 Å². The van der Waals surface area contributed by atoms with Crippen LogP contribution in [0, 0.1) is 12.8 Å². The van der Waals surface area contributed by atoms with Gasteiger partial charge in [-0.1, -0.05) is 0 Å². The number of carbonyl (C=O) groups excluding carboxylic acids is 2. The molecule has 1 amide bonds. The Morgan fingerprint density at radius 3 is 2.52 bits per heavy atom. The summed E-state index contributed by atoms with van der Waals surface area (Å²) in [5, 5.41) is 0. The van der Waals surface area contributed by atoms with E-state index >= 15 is 0 Å². The molecule has 3 heterocycles. The summed E-state index contributed by atoms with van der Waals surface area (Å²) >= 11 is 0. The SMILES string of the molecule is CCOC(=O)C1CCN(C(=O)c2c(C)nc3ccc(C(F)(F)F)cn23)CC1. The summed E-state index contributed by atoms with van der Waals surface area (Å²) in [6, 6.07) is 2.19. The standard InChI is InChI=1S/C18H20F3N3O3/c1-3-27-17(26)12-6-8-23(9-7-12)16(25)15-11(2)22-14-5-4-13(10-24(14)15)18(19,20)21/h4-5,10,12H,3,6-9H2,1-2H3. The van der Waals surface area contributed by atoms with Crippen LogP contribution < -0.4 is 0 Å². The predicted molar refractivity (Wildman–Crippen MR) is 90.2 cm³/mol. The van der Waals surface area contributed by atoms with E-state index in [2.05, 4.69) is 4.98 Å². The van der Waals surface area contributed by atoms with Gasteiger partial charge in [0.15, 0.2) is 0 Å². The summed E-state index contributed by atoms with van der Waals surface area (Å²) < 4.78 is 45.3. The largest absolute Gasteiger partial charge is 0.466 e. The van der Waals surface area contributed by atoms with Crippen LogP contribution in [0.4, 0.5) is 13.2 Å². The fourth-order valence-electron chi connectivity index (χ4n) is 3.32. The second-order valence-electron chi connectivity index (χ2n) is 6.51. The van der Waals surface area contributed by atoms with Crippen molar-refractivity contribution in [2.24, 2.45) is 5.92 Å². The highest BCUT2D eigenvalue weighted by molar-refractivity contribution is 5.95. The number of rotatable bonds is 3. The molecule has 0 atom stereocenters. The first-order valence-electron chi connectivity index (χ1n) is 8.74. The predicted octanol–water partition coefficient (Wildman–Crippen LogP) is 3.08. The smallest absolute Gasteiger partial charge is 0.417 e. The highest BCUT2D eigenvalue weighted by Crippen LogP contribution is 2.30. The maximum Gasteiger partial charge on any atom is 0.417 e. The van der Waals surface area contributed by atoms with Gasteiger partial charge in [0.2, 0.25) is 0 Å². The molecule has 0 saturated carbocycles. The Morgan fingerprint density at radius 2 is 1.93 bits per heavy atom. The van der Waals surface area contributed by atoms with Crippen molar-refractivity contribution in [3.05, 3.63) is 35.3 Å². The van der Waals surface area contributed by atoms with Gasteiger partial charge in [0.25, 0.3) is 5.91 Å². The molecule has 2 aromatic rings. The fraction of sp³-hybridized carbons (Fsp3) is 0.500. The van der Waals surface area contributed by atoms with Crippen LogP contribution >= 0.6 is 0 Å². The van der Waals surface area contributed by atoms with Crippen molar-refractivity contribution in [2.75, 3.05) is 19.7 Å². The summed E-state index contributed by atoms with van der Waals surface area (Å²) in [5.74, 6) is -0.916. The minimum Gasteiger partial charge on any atom is -0.466 e. The second kappa shape index (κ2) is 7.21. The number of alkyl halides is 3. The first-order valence-corrected chi connectivity index (χ1v) is 8.74. The molecule has 1 saturated heterocycles. The van der Waals surface area contributed by atoms with Gasteiger partial charge >= 0.3 is 12.1 Å². The number of imidazole rings is 1. The second-order valence-corrected chi connectivity index (χ2v) is 6.51. The molecule has 1 fully saturated rings. The molecule has 1 aliphatic heterocycles. The number of aromatic nitrogens is 2. The highest BCUT2D eigenvalue weighted by atomic mass is 19.4. The highest BCUT2D eigenvalue weighted by Gasteiger charge is 2.33. The molecule has 6 nitrogen and oxygen atoms in total. The number of nitrogens with zero attached hydrogens (tertiary/aromatic N) is 3. The zero-order chi connectivity index (χ0) is 19.8. The first-order chi connectivity index (χ1) is 12.7. The Kier molecular flexibility index (Phi) is 5.12. The Balaban J connectivity index is 1.84. The van der Waals surface area contributed by atoms with Gasteiger partial charge < -0.3 is 9.64 Å². The van der Waals surface area contributed by atoms with Gasteiger partial charge in [0.1, 0.15) is 11.3 Å². The lowest BCUT2D eigenvalue weighted by Crippen LogP contribution is -2.41. The van der Waals surface area contributed by atoms with E-state index in [9.17, 15) is 22.8 Å². The zero-order valence-electron chi connectivity index (χ0n) is 15.0. The summed E-state index contributed by atoms with van der Waals surface area (Å²) in [5.41, 5.74) is -0.0785. The lowest BCUT2D eigenvalue weighted by atomic mass is 9.97. The Labute approximate surface area is 153 Å². The normalized spacial score (nSPS) is 16.0. The number of hydrogen-bond donors (Lipinski definition) is 0. The number of halogens is 3.